The third kappa shape index (κ3) is 3.43. The first kappa shape index (κ1) is 15.1. The average molecular weight is 279 g/mol. The van der Waals surface area contributed by atoms with Gasteiger partial charge in [-0.25, -0.2) is 15.0 Å². The number of aryl methyl sites for hydroxylation is 2. The Bertz CT molecular complexity index is 660. The van der Waals surface area contributed by atoms with Crippen molar-refractivity contribution in [2.24, 2.45) is 0 Å². The molecule has 2 rings (SSSR count). The summed E-state index contributed by atoms with van der Waals surface area (Å²) in [6.07, 6.45) is 6.71. The molecule has 0 saturated carbocycles. The highest BCUT2D eigenvalue weighted by Crippen LogP contribution is 2.21. The lowest BCUT2D eigenvalue weighted by Crippen LogP contribution is -2.04. The van der Waals surface area contributed by atoms with Crippen molar-refractivity contribution in [1.29, 1.82) is 0 Å². The molecule has 21 heavy (non-hydrogen) atoms. The first-order valence-electron chi connectivity index (χ1n) is 7.29. The zero-order valence-electron chi connectivity index (χ0n) is 12.8. The van der Waals surface area contributed by atoms with Crippen LogP contribution >= 0.6 is 0 Å². The summed E-state index contributed by atoms with van der Waals surface area (Å²) >= 11 is 0. The van der Waals surface area contributed by atoms with E-state index in [1.54, 1.807) is 6.08 Å². The maximum atomic E-state index is 4.71. The Morgan fingerprint density at radius 1 is 1.10 bits per heavy atom. The Kier molecular flexibility index (Phi) is 4.99. The molecule has 2 heterocycles. The van der Waals surface area contributed by atoms with Crippen LogP contribution in [0.15, 0.2) is 31.4 Å². The van der Waals surface area contributed by atoms with Crippen molar-refractivity contribution in [2.75, 3.05) is 0 Å². The van der Waals surface area contributed by atoms with E-state index in [1.165, 1.54) is 0 Å². The lowest BCUT2D eigenvalue weighted by Gasteiger charge is -2.11. The van der Waals surface area contributed by atoms with E-state index in [0.717, 1.165) is 47.6 Å². The van der Waals surface area contributed by atoms with Crippen molar-refractivity contribution in [3.8, 4) is 11.5 Å². The van der Waals surface area contributed by atoms with E-state index in [4.69, 9.17) is 4.98 Å². The van der Waals surface area contributed by atoms with Crippen LogP contribution in [0, 0.1) is 6.92 Å². The SMILES string of the molecule is C=Cc1nc(-c2cccc(C)n2)nc(CCCC)c1C=C. The molecular weight excluding hydrogens is 258 g/mol. The van der Waals surface area contributed by atoms with Crippen LogP contribution in [0.4, 0.5) is 0 Å². The van der Waals surface area contributed by atoms with Gasteiger partial charge in [0.25, 0.3) is 0 Å². The molecule has 0 aliphatic heterocycles. The van der Waals surface area contributed by atoms with E-state index in [2.05, 4.69) is 30.0 Å². The minimum Gasteiger partial charge on any atom is -0.250 e. The number of unbranched alkanes of at least 4 members (excludes halogenated alkanes) is 1. The number of rotatable bonds is 6. The smallest absolute Gasteiger partial charge is 0.178 e. The Hall–Kier alpha value is -2.29. The van der Waals surface area contributed by atoms with Gasteiger partial charge < -0.3 is 0 Å². The Morgan fingerprint density at radius 2 is 1.90 bits per heavy atom. The number of aromatic nitrogens is 3. The number of hydrogen-bond acceptors (Lipinski definition) is 3. The van der Waals surface area contributed by atoms with E-state index in [-0.39, 0.29) is 0 Å². The third-order valence-corrected chi connectivity index (χ3v) is 3.34. The molecule has 0 saturated heterocycles. The topological polar surface area (TPSA) is 38.7 Å². The highest BCUT2D eigenvalue weighted by atomic mass is 14.9. The van der Waals surface area contributed by atoms with Crippen LogP contribution in [0.3, 0.4) is 0 Å². The maximum absolute atomic E-state index is 4.71. The van der Waals surface area contributed by atoms with Crippen LogP contribution in [0.2, 0.25) is 0 Å². The van der Waals surface area contributed by atoms with Gasteiger partial charge in [-0.2, -0.15) is 0 Å². The van der Waals surface area contributed by atoms with Gasteiger partial charge in [-0.3, -0.25) is 0 Å². The van der Waals surface area contributed by atoms with Gasteiger partial charge in [0.1, 0.15) is 5.69 Å². The van der Waals surface area contributed by atoms with E-state index >= 15 is 0 Å². The van der Waals surface area contributed by atoms with Crippen molar-refractivity contribution in [3.63, 3.8) is 0 Å². The fourth-order valence-electron chi connectivity index (χ4n) is 2.23. The molecule has 0 atom stereocenters. The molecule has 0 radical (unpaired) electrons. The first-order valence-corrected chi connectivity index (χ1v) is 7.29. The largest absolute Gasteiger partial charge is 0.250 e. The van der Waals surface area contributed by atoms with Crippen LogP contribution < -0.4 is 0 Å². The zero-order valence-corrected chi connectivity index (χ0v) is 12.8. The molecule has 108 valence electrons. The molecule has 0 unspecified atom stereocenters. The Balaban J connectivity index is 2.56. The minimum absolute atomic E-state index is 0.658. The van der Waals surface area contributed by atoms with Crippen LogP contribution in [0.25, 0.3) is 23.7 Å². The van der Waals surface area contributed by atoms with Gasteiger partial charge in [-0.15, -0.1) is 0 Å². The molecule has 0 aliphatic carbocycles. The van der Waals surface area contributed by atoms with Gasteiger partial charge in [0.15, 0.2) is 5.82 Å². The Morgan fingerprint density at radius 3 is 2.52 bits per heavy atom. The van der Waals surface area contributed by atoms with Crippen molar-refractivity contribution >= 4 is 12.2 Å². The van der Waals surface area contributed by atoms with Crippen molar-refractivity contribution < 1.29 is 0 Å². The van der Waals surface area contributed by atoms with Crippen molar-refractivity contribution in [3.05, 3.63) is 54.0 Å². The second kappa shape index (κ2) is 6.93. The lowest BCUT2D eigenvalue weighted by atomic mass is 10.1. The summed E-state index contributed by atoms with van der Waals surface area (Å²) in [5.74, 6) is 0.658. The summed E-state index contributed by atoms with van der Waals surface area (Å²) in [6.45, 7) is 11.9. The normalized spacial score (nSPS) is 10.4. The quantitative estimate of drug-likeness (QED) is 0.782. The van der Waals surface area contributed by atoms with E-state index in [0.29, 0.717) is 5.82 Å². The van der Waals surface area contributed by atoms with Crippen LogP contribution in [0.5, 0.6) is 0 Å². The molecule has 0 aliphatic rings. The van der Waals surface area contributed by atoms with Crippen molar-refractivity contribution in [1.82, 2.24) is 15.0 Å². The third-order valence-electron chi connectivity index (χ3n) is 3.34. The number of nitrogens with zero attached hydrogens (tertiary/aromatic N) is 3. The predicted octanol–water partition coefficient (Wildman–Crippen LogP) is 4.48. The van der Waals surface area contributed by atoms with E-state index < -0.39 is 0 Å². The molecule has 0 aromatic carbocycles. The lowest BCUT2D eigenvalue weighted by molar-refractivity contribution is 0.772. The molecule has 3 nitrogen and oxygen atoms in total. The molecule has 0 fully saturated rings. The minimum atomic E-state index is 0.658. The summed E-state index contributed by atoms with van der Waals surface area (Å²) < 4.78 is 0. The van der Waals surface area contributed by atoms with Gasteiger partial charge in [-0.05, 0) is 38.0 Å². The highest BCUT2D eigenvalue weighted by molar-refractivity contribution is 5.65. The summed E-state index contributed by atoms with van der Waals surface area (Å²) in [4.78, 5) is 13.8. The molecule has 0 amide bonds. The van der Waals surface area contributed by atoms with Gasteiger partial charge in [0, 0.05) is 11.3 Å². The number of pyridine rings is 1. The second-order valence-corrected chi connectivity index (χ2v) is 4.97. The summed E-state index contributed by atoms with van der Waals surface area (Å²) in [6, 6.07) is 5.88. The molecule has 0 bridgehead atoms. The average Bonchev–Trinajstić information content (AvgIpc) is 2.51. The fraction of sp³-hybridized carbons (Fsp3) is 0.278. The molecule has 3 heteroatoms. The van der Waals surface area contributed by atoms with Gasteiger partial charge >= 0.3 is 0 Å². The Labute approximate surface area is 126 Å². The zero-order chi connectivity index (χ0) is 15.2. The van der Waals surface area contributed by atoms with Gasteiger partial charge in [0.2, 0.25) is 0 Å². The fourth-order valence-corrected chi connectivity index (χ4v) is 2.23. The molecule has 2 aromatic heterocycles. The van der Waals surface area contributed by atoms with Gasteiger partial charge in [0.05, 0.1) is 11.4 Å². The summed E-state index contributed by atoms with van der Waals surface area (Å²) in [5, 5.41) is 0. The summed E-state index contributed by atoms with van der Waals surface area (Å²) in [7, 11) is 0. The predicted molar refractivity (Wildman–Crippen MR) is 88.8 cm³/mol. The molecule has 2 aromatic rings. The van der Waals surface area contributed by atoms with Crippen molar-refractivity contribution in [2.45, 2.75) is 33.1 Å². The molecule has 0 N–H and O–H groups in total. The first-order chi connectivity index (χ1) is 10.2. The van der Waals surface area contributed by atoms with Crippen LogP contribution in [0.1, 0.15) is 42.4 Å². The monoisotopic (exact) mass is 279 g/mol. The number of hydrogen-bond donors (Lipinski definition) is 0. The van der Waals surface area contributed by atoms with E-state index in [9.17, 15) is 0 Å². The van der Waals surface area contributed by atoms with E-state index in [1.807, 2.05) is 31.2 Å². The maximum Gasteiger partial charge on any atom is 0.178 e. The van der Waals surface area contributed by atoms with Gasteiger partial charge in [-0.1, -0.05) is 38.6 Å². The van der Waals surface area contributed by atoms with Crippen LogP contribution in [-0.4, -0.2) is 15.0 Å². The van der Waals surface area contributed by atoms with Crippen LogP contribution in [-0.2, 0) is 6.42 Å². The highest BCUT2D eigenvalue weighted by Gasteiger charge is 2.12. The molecule has 0 spiro atoms. The standard InChI is InChI=1S/C18H21N3/c1-5-8-11-16-14(6-2)15(7-3)20-18(21-16)17-12-9-10-13(4)19-17/h6-7,9-10,12H,2-3,5,8,11H2,1,4H3. The summed E-state index contributed by atoms with van der Waals surface area (Å²) in [5.41, 5.74) is 4.58. The molecular formula is C18H21N3. The second-order valence-electron chi connectivity index (χ2n) is 4.97.